The molecule has 2 N–H and O–H groups in total. The number of rotatable bonds is 5. The Labute approximate surface area is 94.5 Å². The van der Waals surface area contributed by atoms with Crippen LogP contribution in [0.4, 0.5) is 0 Å². The van der Waals surface area contributed by atoms with Crippen LogP contribution in [0.2, 0.25) is 0 Å². The molecule has 4 nitrogen and oxygen atoms in total. The summed E-state index contributed by atoms with van der Waals surface area (Å²) in [5, 5.41) is 5.93. The second-order valence-corrected chi connectivity index (χ2v) is 4.22. The molecule has 1 atom stereocenters. The molecule has 0 aromatic rings. The summed E-state index contributed by atoms with van der Waals surface area (Å²) in [5.41, 5.74) is 0. The van der Waals surface area contributed by atoms with Crippen LogP contribution in [0, 0.1) is 12.3 Å². The Morgan fingerprint density at radius 2 is 2.60 bits per heavy atom. The molecule has 0 radical (unpaired) electrons. The maximum atomic E-state index is 11.5. The van der Waals surface area contributed by atoms with Crippen molar-refractivity contribution in [2.75, 3.05) is 37.7 Å². The molecule has 1 saturated heterocycles. The minimum atomic E-state index is -0.337. The number of carbonyl (C=O) groups is 1. The van der Waals surface area contributed by atoms with Gasteiger partial charge in [-0.1, -0.05) is 5.92 Å². The first-order valence-corrected chi connectivity index (χ1v) is 6.11. The fourth-order valence-corrected chi connectivity index (χ4v) is 1.73. The van der Waals surface area contributed by atoms with E-state index in [1.807, 2.05) is 0 Å². The highest BCUT2D eigenvalue weighted by Crippen LogP contribution is 1.98. The van der Waals surface area contributed by atoms with Crippen molar-refractivity contribution in [2.45, 2.75) is 6.10 Å². The van der Waals surface area contributed by atoms with Crippen molar-refractivity contribution in [3.63, 3.8) is 0 Å². The first-order chi connectivity index (χ1) is 7.34. The number of carbonyl (C=O) groups excluding carboxylic acids is 1. The Morgan fingerprint density at radius 1 is 1.73 bits per heavy atom. The van der Waals surface area contributed by atoms with E-state index in [0.29, 0.717) is 25.4 Å². The van der Waals surface area contributed by atoms with Gasteiger partial charge in [0.05, 0.1) is 12.4 Å². The monoisotopic (exact) mass is 228 g/mol. The van der Waals surface area contributed by atoms with Gasteiger partial charge in [0.25, 0.3) is 0 Å². The summed E-state index contributed by atoms with van der Waals surface area (Å²) in [4.78, 5) is 11.5. The van der Waals surface area contributed by atoms with E-state index in [1.54, 1.807) is 11.8 Å². The fourth-order valence-electron chi connectivity index (χ4n) is 1.23. The first kappa shape index (κ1) is 12.4. The third-order valence-electron chi connectivity index (χ3n) is 1.95. The molecule has 0 saturated carbocycles. The maximum Gasteiger partial charge on any atom is 0.250 e. The highest BCUT2D eigenvalue weighted by Gasteiger charge is 2.20. The zero-order valence-electron chi connectivity index (χ0n) is 8.62. The van der Waals surface area contributed by atoms with Crippen LogP contribution >= 0.6 is 11.8 Å². The summed E-state index contributed by atoms with van der Waals surface area (Å²) in [6.07, 6.45) is 4.76. The van der Waals surface area contributed by atoms with Crippen molar-refractivity contribution in [2.24, 2.45) is 0 Å². The quantitative estimate of drug-likeness (QED) is 0.490. The number of hydrogen-bond donors (Lipinski definition) is 2. The molecule has 1 aliphatic heterocycles. The van der Waals surface area contributed by atoms with E-state index < -0.39 is 0 Å². The Morgan fingerprint density at radius 3 is 3.27 bits per heavy atom. The van der Waals surface area contributed by atoms with E-state index in [0.717, 1.165) is 12.3 Å². The Balaban J connectivity index is 2.05. The standard InChI is InChI=1S/C10H16N2O2S/c1-2-6-15-7-4-12-10(13)9-8-11-3-5-14-9/h1,9,11H,3-8H2,(H,12,13). The molecule has 84 valence electrons. The fraction of sp³-hybridized carbons (Fsp3) is 0.700. The molecular weight excluding hydrogens is 212 g/mol. The highest BCUT2D eigenvalue weighted by atomic mass is 32.2. The number of nitrogens with one attached hydrogen (secondary N) is 2. The van der Waals surface area contributed by atoms with Gasteiger partial charge < -0.3 is 15.4 Å². The molecule has 0 aromatic carbocycles. The summed E-state index contributed by atoms with van der Waals surface area (Å²) in [7, 11) is 0. The lowest BCUT2D eigenvalue weighted by Gasteiger charge is -2.22. The van der Waals surface area contributed by atoms with Crippen LogP contribution in [0.5, 0.6) is 0 Å². The van der Waals surface area contributed by atoms with Crippen LogP contribution in [0.3, 0.4) is 0 Å². The van der Waals surface area contributed by atoms with Gasteiger partial charge in [0.1, 0.15) is 6.10 Å². The van der Waals surface area contributed by atoms with Crippen LogP contribution in [-0.2, 0) is 9.53 Å². The molecule has 1 unspecified atom stereocenters. The third-order valence-corrected chi connectivity index (χ3v) is 2.81. The lowest BCUT2D eigenvalue weighted by Crippen LogP contribution is -2.48. The molecule has 1 fully saturated rings. The van der Waals surface area contributed by atoms with Crippen LogP contribution in [0.1, 0.15) is 0 Å². The number of amides is 1. The summed E-state index contributed by atoms with van der Waals surface area (Å²) < 4.78 is 5.30. The predicted octanol–water partition coefficient (Wildman–Crippen LogP) is -0.543. The van der Waals surface area contributed by atoms with Crippen molar-refractivity contribution in [1.29, 1.82) is 0 Å². The first-order valence-electron chi connectivity index (χ1n) is 4.96. The molecule has 1 amide bonds. The zero-order valence-corrected chi connectivity index (χ0v) is 9.44. The Hall–Kier alpha value is -0.700. The second-order valence-electron chi connectivity index (χ2n) is 3.11. The van der Waals surface area contributed by atoms with Crippen molar-refractivity contribution >= 4 is 17.7 Å². The van der Waals surface area contributed by atoms with E-state index >= 15 is 0 Å². The largest absolute Gasteiger partial charge is 0.366 e. The molecule has 0 bridgehead atoms. The summed E-state index contributed by atoms with van der Waals surface area (Å²) in [6.45, 7) is 2.67. The Bertz CT molecular complexity index is 234. The number of ether oxygens (including phenoxy) is 1. The average Bonchev–Trinajstić information content (AvgIpc) is 2.30. The molecule has 15 heavy (non-hydrogen) atoms. The Kier molecular flexibility index (Phi) is 6.25. The topological polar surface area (TPSA) is 50.4 Å². The van der Waals surface area contributed by atoms with Crippen molar-refractivity contribution in [3.05, 3.63) is 0 Å². The molecule has 0 spiro atoms. The van der Waals surface area contributed by atoms with Crippen molar-refractivity contribution in [1.82, 2.24) is 10.6 Å². The maximum absolute atomic E-state index is 11.5. The van der Waals surface area contributed by atoms with Gasteiger partial charge in [-0.3, -0.25) is 4.79 Å². The van der Waals surface area contributed by atoms with Crippen LogP contribution in [0.15, 0.2) is 0 Å². The molecular formula is C10H16N2O2S. The third kappa shape index (κ3) is 5.07. The lowest BCUT2D eigenvalue weighted by molar-refractivity contribution is -0.134. The molecule has 0 aromatic heterocycles. The van der Waals surface area contributed by atoms with E-state index in [4.69, 9.17) is 11.2 Å². The van der Waals surface area contributed by atoms with Crippen LogP contribution in [-0.4, -0.2) is 49.8 Å². The van der Waals surface area contributed by atoms with Gasteiger partial charge in [0, 0.05) is 25.4 Å². The molecule has 1 heterocycles. The molecule has 1 aliphatic rings. The summed E-state index contributed by atoms with van der Waals surface area (Å²) in [6, 6.07) is 0. The van der Waals surface area contributed by atoms with Crippen LogP contribution in [0.25, 0.3) is 0 Å². The molecule has 5 heteroatoms. The number of hydrogen-bond acceptors (Lipinski definition) is 4. The minimum absolute atomic E-state index is 0.0384. The predicted molar refractivity (Wildman–Crippen MR) is 61.8 cm³/mol. The van der Waals surface area contributed by atoms with Gasteiger partial charge in [-0.05, 0) is 0 Å². The van der Waals surface area contributed by atoms with Gasteiger partial charge >= 0.3 is 0 Å². The highest BCUT2D eigenvalue weighted by molar-refractivity contribution is 7.99. The van der Waals surface area contributed by atoms with Gasteiger partial charge in [-0.25, -0.2) is 0 Å². The SMILES string of the molecule is C#CCSCCNC(=O)C1CNCCO1. The zero-order chi connectivity index (χ0) is 10.9. The minimum Gasteiger partial charge on any atom is -0.366 e. The van der Waals surface area contributed by atoms with Gasteiger partial charge in [0.2, 0.25) is 5.91 Å². The van der Waals surface area contributed by atoms with Gasteiger partial charge in [-0.2, -0.15) is 0 Å². The van der Waals surface area contributed by atoms with Gasteiger partial charge in [0.15, 0.2) is 0 Å². The van der Waals surface area contributed by atoms with E-state index in [2.05, 4.69) is 16.6 Å². The summed E-state index contributed by atoms with van der Waals surface area (Å²) in [5.74, 6) is 4.03. The van der Waals surface area contributed by atoms with E-state index in [-0.39, 0.29) is 12.0 Å². The lowest BCUT2D eigenvalue weighted by atomic mass is 10.3. The normalized spacial score (nSPS) is 20.6. The molecule has 1 rings (SSSR count). The smallest absolute Gasteiger partial charge is 0.250 e. The number of morpholine rings is 1. The van der Waals surface area contributed by atoms with Crippen LogP contribution < -0.4 is 10.6 Å². The number of terminal acetylenes is 1. The van der Waals surface area contributed by atoms with E-state index in [9.17, 15) is 4.79 Å². The van der Waals surface area contributed by atoms with Gasteiger partial charge in [-0.15, -0.1) is 18.2 Å². The average molecular weight is 228 g/mol. The summed E-state index contributed by atoms with van der Waals surface area (Å²) >= 11 is 1.63. The second kappa shape index (κ2) is 7.57. The molecule has 0 aliphatic carbocycles. The van der Waals surface area contributed by atoms with E-state index in [1.165, 1.54) is 0 Å². The van der Waals surface area contributed by atoms with Crippen molar-refractivity contribution in [3.8, 4) is 12.3 Å². The number of thioether (sulfide) groups is 1. The van der Waals surface area contributed by atoms with Crippen molar-refractivity contribution < 1.29 is 9.53 Å².